The molecule has 0 aromatic heterocycles. The van der Waals surface area contributed by atoms with E-state index in [-0.39, 0.29) is 31.6 Å². The SMILES string of the molecule is CC/C=C\C/C=C\CC(O)/C=C/C=C\C/C=C\CCCC(=O)OC[C@H](CO)OC(=O)CCCCCCCCCCCCCCCCC(C)C. The van der Waals surface area contributed by atoms with Crippen molar-refractivity contribution in [1.82, 2.24) is 0 Å². The van der Waals surface area contributed by atoms with Crippen molar-refractivity contribution in [3.8, 4) is 0 Å². The Morgan fingerprint density at radius 2 is 1.18 bits per heavy atom. The molecule has 49 heavy (non-hydrogen) atoms. The highest BCUT2D eigenvalue weighted by molar-refractivity contribution is 5.70. The summed E-state index contributed by atoms with van der Waals surface area (Å²) >= 11 is 0. The predicted molar refractivity (Wildman–Crippen MR) is 206 cm³/mol. The van der Waals surface area contributed by atoms with Crippen molar-refractivity contribution in [2.45, 2.75) is 181 Å². The number of carbonyl (C=O) groups is 2. The summed E-state index contributed by atoms with van der Waals surface area (Å²) in [7, 11) is 0. The molecule has 0 aliphatic rings. The Balaban J connectivity index is 3.72. The van der Waals surface area contributed by atoms with Crippen molar-refractivity contribution in [1.29, 1.82) is 0 Å². The van der Waals surface area contributed by atoms with Gasteiger partial charge in [0.25, 0.3) is 0 Å². The van der Waals surface area contributed by atoms with E-state index in [4.69, 9.17) is 9.47 Å². The van der Waals surface area contributed by atoms with Crippen molar-refractivity contribution in [3.05, 3.63) is 60.8 Å². The molecule has 282 valence electrons. The van der Waals surface area contributed by atoms with Crippen molar-refractivity contribution in [2.24, 2.45) is 5.92 Å². The molecule has 6 heteroatoms. The third kappa shape index (κ3) is 36.7. The molecule has 6 nitrogen and oxygen atoms in total. The molecule has 0 spiro atoms. The number of carbonyl (C=O) groups excluding carboxylic acids is 2. The Morgan fingerprint density at radius 1 is 0.633 bits per heavy atom. The topological polar surface area (TPSA) is 93.1 Å². The third-order valence-corrected chi connectivity index (χ3v) is 8.33. The normalized spacial score (nSPS) is 13.6. The summed E-state index contributed by atoms with van der Waals surface area (Å²) in [4.78, 5) is 24.2. The van der Waals surface area contributed by atoms with Gasteiger partial charge in [-0.2, -0.15) is 0 Å². The van der Waals surface area contributed by atoms with E-state index in [9.17, 15) is 19.8 Å². The van der Waals surface area contributed by atoms with E-state index in [0.717, 1.165) is 50.9 Å². The number of esters is 2. The lowest BCUT2D eigenvalue weighted by Crippen LogP contribution is -2.28. The van der Waals surface area contributed by atoms with Crippen molar-refractivity contribution < 1.29 is 29.3 Å². The molecule has 2 atom stereocenters. The Bertz CT molecular complexity index is 900. The van der Waals surface area contributed by atoms with E-state index in [0.29, 0.717) is 19.3 Å². The maximum absolute atomic E-state index is 12.2. The lowest BCUT2D eigenvalue weighted by molar-refractivity contribution is -0.161. The van der Waals surface area contributed by atoms with Gasteiger partial charge in [-0.05, 0) is 50.9 Å². The minimum atomic E-state index is -0.812. The first kappa shape index (κ1) is 46.6. The first-order chi connectivity index (χ1) is 23.9. The van der Waals surface area contributed by atoms with Gasteiger partial charge in [0.05, 0.1) is 12.7 Å². The van der Waals surface area contributed by atoms with Crippen LogP contribution < -0.4 is 0 Å². The van der Waals surface area contributed by atoms with Crippen molar-refractivity contribution >= 4 is 11.9 Å². The van der Waals surface area contributed by atoms with Crippen LogP contribution in [0.2, 0.25) is 0 Å². The fraction of sp³-hybridized carbons (Fsp3) is 0.721. The first-order valence-corrected chi connectivity index (χ1v) is 19.8. The van der Waals surface area contributed by atoms with E-state index < -0.39 is 12.2 Å². The maximum atomic E-state index is 12.2. The van der Waals surface area contributed by atoms with Crippen molar-refractivity contribution in [2.75, 3.05) is 13.2 Å². The number of unbranched alkanes of at least 4 members (excludes halogenated alkanes) is 14. The standard InChI is InChI=1S/C43H74O6/c1-4-5-6-7-23-28-33-40(45)34-29-24-19-16-17-20-25-30-35-42(46)48-38-41(37-44)49-43(47)36-31-26-21-15-13-11-9-8-10-12-14-18-22-27-32-39(2)3/h5-6,17,19-20,23-24,28-29,34,39-41,44-45H,4,7-16,18,21-22,25-27,30-33,35-38H2,1-3H3/b6-5-,20-17-,24-19-,28-23-,34-29+/t40?,41-/m0/s1. The molecule has 2 N–H and O–H groups in total. The molecule has 0 aromatic carbocycles. The van der Waals surface area contributed by atoms with Gasteiger partial charge in [0.15, 0.2) is 6.10 Å². The molecule has 0 rings (SSSR count). The second-order valence-electron chi connectivity index (χ2n) is 13.7. The van der Waals surface area contributed by atoms with Gasteiger partial charge in [0, 0.05) is 12.8 Å². The zero-order valence-corrected chi connectivity index (χ0v) is 31.7. The van der Waals surface area contributed by atoms with Crippen LogP contribution in [0.5, 0.6) is 0 Å². The Kier molecular flexibility index (Phi) is 35.0. The number of ether oxygens (including phenoxy) is 2. The fourth-order valence-electron chi connectivity index (χ4n) is 5.33. The number of rotatable bonds is 34. The molecule has 0 saturated carbocycles. The summed E-state index contributed by atoms with van der Waals surface area (Å²) in [5.41, 5.74) is 0. The van der Waals surface area contributed by atoms with Crippen LogP contribution in [0.1, 0.15) is 168 Å². The van der Waals surface area contributed by atoms with Crippen LogP contribution in [0.15, 0.2) is 60.8 Å². The molecule has 0 radical (unpaired) electrons. The Morgan fingerprint density at radius 3 is 1.80 bits per heavy atom. The van der Waals surface area contributed by atoms with Crippen LogP contribution in [0.4, 0.5) is 0 Å². The summed E-state index contributed by atoms with van der Waals surface area (Å²) in [6, 6.07) is 0. The lowest BCUT2D eigenvalue weighted by Gasteiger charge is -2.15. The van der Waals surface area contributed by atoms with Crippen molar-refractivity contribution in [3.63, 3.8) is 0 Å². The maximum Gasteiger partial charge on any atom is 0.306 e. The first-order valence-electron chi connectivity index (χ1n) is 19.8. The zero-order valence-electron chi connectivity index (χ0n) is 31.7. The van der Waals surface area contributed by atoms with Crippen LogP contribution in [0, 0.1) is 5.92 Å². The molecule has 0 saturated heterocycles. The van der Waals surface area contributed by atoms with E-state index in [1.165, 1.54) is 77.0 Å². The summed E-state index contributed by atoms with van der Waals surface area (Å²) in [5, 5.41) is 19.5. The largest absolute Gasteiger partial charge is 0.462 e. The number of aliphatic hydroxyl groups excluding tert-OH is 2. The fourth-order valence-corrected chi connectivity index (χ4v) is 5.33. The second-order valence-corrected chi connectivity index (χ2v) is 13.7. The van der Waals surface area contributed by atoms with Crippen LogP contribution >= 0.6 is 0 Å². The van der Waals surface area contributed by atoms with Gasteiger partial charge in [-0.1, -0.05) is 171 Å². The second kappa shape index (κ2) is 36.8. The predicted octanol–water partition coefficient (Wildman–Crippen LogP) is 11.2. The quantitative estimate of drug-likeness (QED) is 0.0303. The highest BCUT2D eigenvalue weighted by Crippen LogP contribution is 2.15. The van der Waals surface area contributed by atoms with Gasteiger partial charge in [-0.3, -0.25) is 9.59 Å². The van der Waals surface area contributed by atoms with Gasteiger partial charge in [0.1, 0.15) is 6.61 Å². The molecule has 0 fully saturated rings. The average Bonchev–Trinajstić information content (AvgIpc) is 3.08. The number of aliphatic hydroxyl groups is 2. The number of hydrogen-bond acceptors (Lipinski definition) is 6. The molecule has 0 amide bonds. The summed E-state index contributed by atoms with van der Waals surface area (Å²) < 4.78 is 10.5. The molecular formula is C43H74O6. The van der Waals surface area contributed by atoms with Gasteiger partial charge in [0.2, 0.25) is 0 Å². The van der Waals surface area contributed by atoms with E-state index in [2.05, 4.69) is 39.0 Å². The van der Waals surface area contributed by atoms with Gasteiger partial charge in [-0.25, -0.2) is 0 Å². The van der Waals surface area contributed by atoms with Gasteiger partial charge in [-0.15, -0.1) is 0 Å². The highest BCUT2D eigenvalue weighted by Gasteiger charge is 2.16. The monoisotopic (exact) mass is 687 g/mol. The number of hydrogen-bond donors (Lipinski definition) is 2. The molecule has 0 aromatic rings. The summed E-state index contributed by atoms with van der Waals surface area (Å²) in [6.07, 6.45) is 43.2. The van der Waals surface area contributed by atoms with Crippen LogP contribution in [0.25, 0.3) is 0 Å². The average molecular weight is 687 g/mol. The van der Waals surface area contributed by atoms with E-state index >= 15 is 0 Å². The molecule has 0 aliphatic heterocycles. The van der Waals surface area contributed by atoms with E-state index in [1.54, 1.807) is 6.08 Å². The molecule has 0 aliphatic carbocycles. The third-order valence-electron chi connectivity index (χ3n) is 8.33. The highest BCUT2D eigenvalue weighted by atomic mass is 16.6. The molecule has 0 heterocycles. The van der Waals surface area contributed by atoms with Crippen LogP contribution in [0.3, 0.4) is 0 Å². The van der Waals surface area contributed by atoms with Gasteiger partial charge >= 0.3 is 11.9 Å². The summed E-state index contributed by atoms with van der Waals surface area (Å²) in [6.45, 7) is 6.25. The minimum Gasteiger partial charge on any atom is -0.462 e. The van der Waals surface area contributed by atoms with Crippen LogP contribution in [-0.4, -0.2) is 47.6 Å². The zero-order chi connectivity index (χ0) is 36.0. The smallest absolute Gasteiger partial charge is 0.306 e. The Hall–Kier alpha value is -2.44. The molecule has 0 bridgehead atoms. The van der Waals surface area contributed by atoms with Crippen LogP contribution in [-0.2, 0) is 19.1 Å². The minimum absolute atomic E-state index is 0.116. The van der Waals surface area contributed by atoms with Gasteiger partial charge < -0.3 is 19.7 Å². The lowest BCUT2D eigenvalue weighted by atomic mass is 10.0. The van der Waals surface area contributed by atoms with E-state index in [1.807, 2.05) is 36.5 Å². The Labute approximate surface area is 301 Å². The number of allylic oxidation sites excluding steroid dienone is 8. The molecule has 1 unspecified atom stereocenters. The molecular weight excluding hydrogens is 612 g/mol. The summed E-state index contributed by atoms with van der Waals surface area (Å²) in [5.74, 6) is 0.143.